The van der Waals surface area contributed by atoms with Gasteiger partial charge in [-0.3, -0.25) is 0 Å². The van der Waals surface area contributed by atoms with E-state index in [2.05, 4.69) is 19.2 Å². The highest BCUT2D eigenvalue weighted by Crippen LogP contribution is 2.31. The number of carbonyl (C=O) groups is 1. The number of halogens is 1. The largest absolute Gasteiger partial charge is 0.493 e. The van der Waals surface area contributed by atoms with E-state index in [1.54, 1.807) is 28.3 Å². The number of hydrogen-bond donors (Lipinski definition) is 3. The lowest BCUT2D eigenvalue weighted by Crippen LogP contribution is -2.46. The number of ether oxygens (including phenoxy) is 3. The van der Waals surface area contributed by atoms with Gasteiger partial charge in [-0.2, -0.15) is 0 Å². The monoisotopic (exact) mass is 475 g/mol. The maximum absolute atomic E-state index is 11.7. The van der Waals surface area contributed by atoms with E-state index in [9.17, 15) is 9.90 Å². The molecule has 0 radical (unpaired) electrons. The van der Waals surface area contributed by atoms with Crippen LogP contribution in [0.5, 0.6) is 11.5 Å². The summed E-state index contributed by atoms with van der Waals surface area (Å²) in [6.07, 6.45) is 1.45. The van der Waals surface area contributed by atoms with E-state index in [0.717, 1.165) is 18.4 Å². The average molecular weight is 476 g/mol. The molecule has 1 aromatic rings. The van der Waals surface area contributed by atoms with Crippen LogP contribution in [-0.2, 0) is 11.2 Å². The second-order valence-electron chi connectivity index (χ2n) is 8.44. The van der Waals surface area contributed by atoms with Crippen molar-refractivity contribution in [1.82, 2.24) is 10.2 Å². The van der Waals surface area contributed by atoms with Crippen molar-refractivity contribution in [3.05, 3.63) is 23.8 Å². The van der Waals surface area contributed by atoms with Crippen LogP contribution in [0.15, 0.2) is 18.2 Å². The molecule has 0 aromatic heterocycles. The predicted octanol–water partition coefficient (Wildman–Crippen LogP) is 2.70. The Morgan fingerprint density at radius 3 is 2.44 bits per heavy atom. The normalized spacial score (nSPS) is 13.7. The lowest BCUT2D eigenvalue weighted by atomic mass is 9.83. The van der Waals surface area contributed by atoms with Crippen molar-refractivity contribution in [1.29, 1.82) is 0 Å². The van der Waals surface area contributed by atoms with Crippen LogP contribution >= 0.6 is 12.4 Å². The minimum atomic E-state index is -0.805. The number of hydrogen-bond acceptors (Lipinski definition) is 6. The molecule has 2 amide bonds. The van der Waals surface area contributed by atoms with Crippen molar-refractivity contribution in [2.75, 3.05) is 48.1 Å². The summed E-state index contributed by atoms with van der Waals surface area (Å²) in [6, 6.07) is 5.29. The van der Waals surface area contributed by atoms with Gasteiger partial charge >= 0.3 is 6.03 Å². The van der Waals surface area contributed by atoms with E-state index in [1.165, 1.54) is 4.90 Å². The molecule has 1 rings (SSSR count). The van der Waals surface area contributed by atoms with Crippen molar-refractivity contribution in [3.8, 4) is 11.5 Å². The van der Waals surface area contributed by atoms with Gasteiger partial charge in [-0.25, -0.2) is 4.79 Å². The maximum Gasteiger partial charge on any atom is 0.316 e. The van der Waals surface area contributed by atoms with E-state index in [0.29, 0.717) is 37.1 Å². The summed E-state index contributed by atoms with van der Waals surface area (Å²) >= 11 is 0. The van der Waals surface area contributed by atoms with Gasteiger partial charge in [0.1, 0.15) is 0 Å². The molecule has 8 nitrogen and oxygen atoms in total. The van der Waals surface area contributed by atoms with E-state index >= 15 is 0 Å². The zero-order chi connectivity index (χ0) is 23.4. The number of carbonyl (C=O) groups excluding carboxylic acids is 1. The molecule has 3 atom stereocenters. The zero-order valence-corrected chi connectivity index (χ0v) is 21.1. The summed E-state index contributed by atoms with van der Waals surface area (Å²) in [6.45, 7) is 5.64. The number of nitrogens with two attached hydrogens (primary N) is 1. The second-order valence-corrected chi connectivity index (χ2v) is 8.44. The van der Waals surface area contributed by atoms with Crippen molar-refractivity contribution in [2.24, 2.45) is 17.6 Å². The quantitative estimate of drug-likeness (QED) is 0.357. The number of amides is 2. The van der Waals surface area contributed by atoms with Crippen molar-refractivity contribution in [3.63, 3.8) is 0 Å². The van der Waals surface area contributed by atoms with Crippen LogP contribution in [0.3, 0.4) is 0 Å². The molecule has 0 heterocycles. The lowest BCUT2D eigenvalue weighted by Gasteiger charge is -2.28. The molecule has 1 aromatic carbocycles. The lowest BCUT2D eigenvalue weighted by molar-refractivity contribution is 0.123. The van der Waals surface area contributed by atoms with Crippen molar-refractivity contribution in [2.45, 2.75) is 45.3 Å². The number of rotatable bonds is 14. The molecule has 186 valence electrons. The highest BCUT2D eigenvalue weighted by Gasteiger charge is 2.23. The van der Waals surface area contributed by atoms with E-state index in [4.69, 9.17) is 19.9 Å². The SMILES string of the molecule is COCCCOc1cc(CC(CC(N)C(O)CNC(=O)N(C)C)C(C)C)ccc1OC.Cl. The van der Waals surface area contributed by atoms with E-state index in [1.807, 2.05) is 18.2 Å². The third kappa shape index (κ3) is 10.7. The molecule has 0 fully saturated rings. The molecule has 0 aliphatic heterocycles. The second kappa shape index (κ2) is 16.0. The predicted molar refractivity (Wildman–Crippen MR) is 130 cm³/mol. The molecule has 0 aliphatic carbocycles. The Balaban J connectivity index is 0.00000961. The Kier molecular flexibility index (Phi) is 15.1. The Morgan fingerprint density at radius 1 is 1.19 bits per heavy atom. The van der Waals surface area contributed by atoms with Crippen LogP contribution in [0.4, 0.5) is 4.79 Å². The first-order valence-corrected chi connectivity index (χ1v) is 10.9. The molecule has 0 saturated heterocycles. The number of aliphatic hydroxyl groups is 1. The van der Waals surface area contributed by atoms with Crippen molar-refractivity contribution >= 4 is 18.4 Å². The van der Waals surface area contributed by atoms with Crippen LogP contribution in [0, 0.1) is 11.8 Å². The number of aliphatic hydroxyl groups excluding tert-OH is 1. The summed E-state index contributed by atoms with van der Waals surface area (Å²) < 4.78 is 16.4. The number of methoxy groups -OCH3 is 2. The highest BCUT2D eigenvalue weighted by molar-refractivity contribution is 5.85. The molecule has 4 N–H and O–H groups in total. The number of benzene rings is 1. The van der Waals surface area contributed by atoms with Gasteiger partial charge in [0.05, 0.1) is 19.8 Å². The molecule has 0 spiro atoms. The molecular weight excluding hydrogens is 434 g/mol. The third-order valence-corrected chi connectivity index (χ3v) is 5.36. The summed E-state index contributed by atoms with van der Waals surface area (Å²) in [5.74, 6) is 2.06. The number of urea groups is 1. The topological polar surface area (TPSA) is 106 Å². The smallest absolute Gasteiger partial charge is 0.316 e. The highest BCUT2D eigenvalue weighted by atomic mass is 35.5. The van der Waals surface area contributed by atoms with Gasteiger partial charge in [0.2, 0.25) is 0 Å². The van der Waals surface area contributed by atoms with Gasteiger partial charge in [-0.05, 0) is 42.4 Å². The Bertz CT molecular complexity index is 661. The van der Waals surface area contributed by atoms with E-state index < -0.39 is 12.1 Å². The molecule has 32 heavy (non-hydrogen) atoms. The fraction of sp³-hybridized carbons (Fsp3) is 0.696. The van der Waals surface area contributed by atoms with Gasteiger partial charge in [-0.15, -0.1) is 12.4 Å². The third-order valence-electron chi connectivity index (χ3n) is 5.36. The summed E-state index contributed by atoms with van der Waals surface area (Å²) in [5.41, 5.74) is 7.40. The molecule has 9 heteroatoms. The Hall–Kier alpha value is -1.74. The molecule has 0 aliphatic rings. The summed E-state index contributed by atoms with van der Waals surface area (Å²) in [5, 5.41) is 13.1. The van der Waals surface area contributed by atoms with Gasteiger partial charge in [0, 0.05) is 46.8 Å². The fourth-order valence-corrected chi connectivity index (χ4v) is 3.25. The summed E-state index contributed by atoms with van der Waals surface area (Å²) in [7, 11) is 6.61. The molecule has 0 saturated carbocycles. The first kappa shape index (κ1) is 30.3. The first-order valence-electron chi connectivity index (χ1n) is 10.9. The average Bonchev–Trinajstić information content (AvgIpc) is 2.74. The number of nitrogens with one attached hydrogen (secondary N) is 1. The van der Waals surface area contributed by atoms with Crippen LogP contribution in [-0.4, -0.2) is 76.3 Å². The van der Waals surface area contributed by atoms with Gasteiger partial charge in [0.25, 0.3) is 0 Å². The fourth-order valence-electron chi connectivity index (χ4n) is 3.25. The first-order chi connectivity index (χ1) is 14.7. The van der Waals surface area contributed by atoms with Gasteiger partial charge in [-0.1, -0.05) is 19.9 Å². The Labute approximate surface area is 199 Å². The number of nitrogens with zero attached hydrogens (tertiary/aromatic N) is 1. The van der Waals surface area contributed by atoms with Gasteiger partial charge < -0.3 is 35.3 Å². The van der Waals surface area contributed by atoms with Crippen molar-refractivity contribution < 1.29 is 24.1 Å². The Morgan fingerprint density at radius 2 is 1.88 bits per heavy atom. The molecule has 0 bridgehead atoms. The minimum Gasteiger partial charge on any atom is -0.493 e. The molecule has 3 unspecified atom stereocenters. The minimum absolute atomic E-state index is 0. The van der Waals surface area contributed by atoms with Crippen LogP contribution in [0.1, 0.15) is 32.3 Å². The molecular formula is C23H42ClN3O5. The van der Waals surface area contributed by atoms with Crippen LogP contribution < -0.4 is 20.5 Å². The summed E-state index contributed by atoms with van der Waals surface area (Å²) in [4.78, 5) is 13.1. The van der Waals surface area contributed by atoms with Crippen LogP contribution in [0.25, 0.3) is 0 Å². The maximum atomic E-state index is 11.7. The zero-order valence-electron chi connectivity index (χ0n) is 20.3. The van der Waals surface area contributed by atoms with E-state index in [-0.39, 0.29) is 30.9 Å². The van der Waals surface area contributed by atoms with Gasteiger partial charge in [0.15, 0.2) is 11.5 Å². The van der Waals surface area contributed by atoms with Crippen LogP contribution in [0.2, 0.25) is 0 Å². The standard InChI is InChI=1S/C23H41N3O5.ClH/c1-16(2)18(14-19(24)20(27)15-25-23(28)26(3)4)12-17-8-9-21(30-6)22(13-17)31-11-7-10-29-5;/h8-9,13,16,18-20,27H,7,10-12,14-15,24H2,1-6H3,(H,25,28);1H.